The van der Waals surface area contributed by atoms with E-state index in [1.54, 1.807) is 6.07 Å². The fourth-order valence-electron chi connectivity index (χ4n) is 2.27. The first kappa shape index (κ1) is 21.3. The van der Waals surface area contributed by atoms with Gasteiger partial charge in [-0.3, -0.25) is 4.79 Å². The van der Waals surface area contributed by atoms with E-state index in [2.05, 4.69) is 5.32 Å². The molecule has 27 heavy (non-hydrogen) atoms. The summed E-state index contributed by atoms with van der Waals surface area (Å²) in [6.07, 6.45) is 0. The van der Waals surface area contributed by atoms with Gasteiger partial charge in [0.05, 0.1) is 20.8 Å². The van der Waals surface area contributed by atoms with Gasteiger partial charge in [-0.25, -0.2) is 8.42 Å². The maximum absolute atomic E-state index is 12.8. The standard InChI is InChI=1S/C17H18Cl2N2O5S/c1-21(10-17(22)20-13-7-11(18)6-12(19)8-13)27(23,24)16-9-14(25-2)4-5-15(16)26-3/h4-9H,10H2,1-3H3,(H,20,22). The molecule has 10 heteroatoms. The maximum Gasteiger partial charge on any atom is 0.247 e. The summed E-state index contributed by atoms with van der Waals surface area (Å²) in [6.45, 7) is -0.424. The van der Waals surface area contributed by atoms with Crippen LogP contribution in [0.5, 0.6) is 11.5 Å². The van der Waals surface area contributed by atoms with Gasteiger partial charge in [0.25, 0.3) is 0 Å². The van der Waals surface area contributed by atoms with E-state index in [4.69, 9.17) is 32.7 Å². The largest absolute Gasteiger partial charge is 0.497 e. The molecule has 0 spiro atoms. The van der Waals surface area contributed by atoms with E-state index >= 15 is 0 Å². The lowest BCUT2D eigenvalue weighted by molar-refractivity contribution is -0.116. The lowest BCUT2D eigenvalue weighted by Gasteiger charge is -2.19. The molecule has 1 amide bonds. The summed E-state index contributed by atoms with van der Waals surface area (Å²) in [7, 11) is 0.0675. The van der Waals surface area contributed by atoms with E-state index in [-0.39, 0.29) is 10.6 Å². The number of hydrogen-bond acceptors (Lipinski definition) is 5. The number of nitrogens with zero attached hydrogens (tertiary/aromatic N) is 1. The van der Waals surface area contributed by atoms with Gasteiger partial charge in [0.15, 0.2) is 0 Å². The van der Waals surface area contributed by atoms with Crippen molar-refractivity contribution in [2.24, 2.45) is 0 Å². The monoisotopic (exact) mass is 432 g/mol. The summed E-state index contributed by atoms with van der Waals surface area (Å²) >= 11 is 11.8. The molecular formula is C17H18Cl2N2O5S. The zero-order valence-electron chi connectivity index (χ0n) is 14.8. The van der Waals surface area contributed by atoms with Crippen LogP contribution in [-0.2, 0) is 14.8 Å². The highest BCUT2D eigenvalue weighted by Gasteiger charge is 2.27. The molecular weight excluding hydrogens is 415 g/mol. The van der Waals surface area contributed by atoms with Crippen molar-refractivity contribution in [3.8, 4) is 11.5 Å². The average Bonchev–Trinajstić information content (AvgIpc) is 2.59. The van der Waals surface area contributed by atoms with E-state index < -0.39 is 22.5 Å². The van der Waals surface area contributed by atoms with Crippen molar-refractivity contribution < 1.29 is 22.7 Å². The van der Waals surface area contributed by atoms with Gasteiger partial charge in [0, 0.05) is 28.8 Å². The first-order chi connectivity index (χ1) is 12.7. The maximum atomic E-state index is 12.8. The van der Waals surface area contributed by atoms with Crippen LogP contribution < -0.4 is 14.8 Å². The Bertz CT molecular complexity index is 930. The third-order valence-electron chi connectivity index (χ3n) is 3.57. The molecule has 146 valence electrons. The van der Waals surface area contributed by atoms with Crippen LogP contribution in [0, 0.1) is 0 Å². The molecule has 0 fully saturated rings. The molecule has 0 bridgehead atoms. The Morgan fingerprint density at radius 3 is 2.26 bits per heavy atom. The summed E-state index contributed by atoms with van der Waals surface area (Å²) in [6, 6.07) is 8.92. The van der Waals surface area contributed by atoms with Gasteiger partial charge in [0.1, 0.15) is 16.4 Å². The molecule has 1 N–H and O–H groups in total. The number of hydrogen-bond donors (Lipinski definition) is 1. The molecule has 2 aromatic carbocycles. The van der Waals surface area contributed by atoms with E-state index in [1.165, 1.54) is 51.6 Å². The summed E-state index contributed by atoms with van der Waals surface area (Å²) in [5.74, 6) is -0.0632. The second kappa shape index (κ2) is 8.79. The van der Waals surface area contributed by atoms with Gasteiger partial charge in [-0.2, -0.15) is 4.31 Å². The molecule has 2 aromatic rings. The van der Waals surface area contributed by atoms with Crippen LogP contribution in [0.25, 0.3) is 0 Å². The molecule has 0 aromatic heterocycles. The van der Waals surface area contributed by atoms with Gasteiger partial charge >= 0.3 is 0 Å². The predicted octanol–water partition coefficient (Wildman–Crippen LogP) is 3.27. The van der Waals surface area contributed by atoms with Crippen LogP contribution in [0.2, 0.25) is 10.0 Å². The summed E-state index contributed by atoms with van der Waals surface area (Å²) < 4.78 is 36.8. The third-order valence-corrected chi connectivity index (χ3v) is 5.83. The topological polar surface area (TPSA) is 84.9 Å². The number of carbonyl (C=O) groups excluding carboxylic acids is 1. The quantitative estimate of drug-likeness (QED) is 0.725. The van der Waals surface area contributed by atoms with Crippen molar-refractivity contribution >= 4 is 44.8 Å². The number of benzene rings is 2. The third kappa shape index (κ3) is 5.26. The number of sulfonamides is 1. The highest BCUT2D eigenvalue weighted by molar-refractivity contribution is 7.89. The van der Waals surface area contributed by atoms with Crippen molar-refractivity contribution in [1.29, 1.82) is 0 Å². The van der Waals surface area contributed by atoms with Gasteiger partial charge in [-0.15, -0.1) is 0 Å². The average molecular weight is 433 g/mol. The smallest absolute Gasteiger partial charge is 0.247 e. The van der Waals surface area contributed by atoms with Gasteiger partial charge < -0.3 is 14.8 Å². The van der Waals surface area contributed by atoms with Crippen molar-refractivity contribution in [2.75, 3.05) is 33.1 Å². The summed E-state index contributed by atoms with van der Waals surface area (Å²) in [5, 5.41) is 3.25. The first-order valence-corrected chi connectivity index (χ1v) is 9.81. The normalized spacial score (nSPS) is 11.3. The van der Waals surface area contributed by atoms with Crippen molar-refractivity contribution in [3.05, 3.63) is 46.4 Å². The van der Waals surface area contributed by atoms with E-state index in [9.17, 15) is 13.2 Å². The van der Waals surface area contributed by atoms with E-state index in [0.29, 0.717) is 21.5 Å². The lowest BCUT2D eigenvalue weighted by atomic mass is 10.3. The number of rotatable bonds is 7. The number of anilines is 1. The van der Waals surface area contributed by atoms with E-state index in [1.807, 2.05) is 0 Å². The molecule has 2 rings (SSSR count). The van der Waals surface area contributed by atoms with Gasteiger partial charge in [0.2, 0.25) is 15.9 Å². The molecule has 0 aliphatic heterocycles. The number of ether oxygens (including phenoxy) is 2. The number of methoxy groups -OCH3 is 2. The van der Waals surface area contributed by atoms with Crippen LogP contribution in [0.1, 0.15) is 0 Å². The van der Waals surface area contributed by atoms with E-state index in [0.717, 1.165) is 4.31 Å². The summed E-state index contributed by atoms with van der Waals surface area (Å²) in [5.41, 5.74) is 0.363. The minimum absolute atomic E-state index is 0.106. The second-order valence-corrected chi connectivity index (χ2v) is 8.37. The molecule has 0 saturated heterocycles. The highest BCUT2D eigenvalue weighted by atomic mass is 35.5. The highest BCUT2D eigenvalue weighted by Crippen LogP contribution is 2.30. The van der Waals surface area contributed by atoms with Gasteiger partial charge in [-0.05, 0) is 30.3 Å². The molecule has 0 aliphatic carbocycles. The van der Waals surface area contributed by atoms with Crippen LogP contribution in [-0.4, -0.2) is 46.4 Å². The number of carbonyl (C=O) groups is 1. The van der Waals surface area contributed by atoms with Gasteiger partial charge in [-0.1, -0.05) is 23.2 Å². The van der Waals surface area contributed by atoms with Crippen molar-refractivity contribution in [1.82, 2.24) is 4.31 Å². The number of amides is 1. The molecule has 0 heterocycles. The van der Waals surface area contributed by atoms with Crippen molar-refractivity contribution in [3.63, 3.8) is 0 Å². The number of halogens is 2. The van der Waals surface area contributed by atoms with Crippen LogP contribution in [0.3, 0.4) is 0 Å². The first-order valence-electron chi connectivity index (χ1n) is 7.61. The summed E-state index contributed by atoms with van der Waals surface area (Å²) in [4.78, 5) is 12.1. The Hall–Kier alpha value is -2.00. The zero-order valence-corrected chi connectivity index (χ0v) is 17.2. The molecule has 0 atom stereocenters. The number of nitrogens with one attached hydrogen (secondary N) is 1. The minimum Gasteiger partial charge on any atom is -0.497 e. The van der Waals surface area contributed by atoms with Crippen LogP contribution >= 0.6 is 23.2 Å². The SMILES string of the molecule is COc1ccc(OC)c(S(=O)(=O)N(C)CC(=O)Nc2cc(Cl)cc(Cl)c2)c1. The second-order valence-electron chi connectivity index (χ2n) is 5.48. The Balaban J connectivity index is 2.21. The van der Waals surface area contributed by atoms with Crippen LogP contribution in [0.15, 0.2) is 41.3 Å². The minimum atomic E-state index is -4.00. The fourth-order valence-corrected chi connectivity index (χ4v) is 4.09. The fraction of sp³-hybridized carbons (Fsp3) is 0.235. The Morgan fingerprint density at radius 2 is 1.70 bits per heavy atom. The lowest BCUT2D eigenvalue weighted by Crippen LogP contribution is -2.35. The molecule has 0 aliphatic rings. The molecule has 0 radical (unpaired) electrons. The Kier molecular flexibility index (Phi) is 6.94. The van der Waals surface area contributed by atoms with Crippen LogP contribution in [0.4, 0.5) is 5.69 Å². The zero-order chi connectivity index (χ0) is 20.2. The Morgan fingerprint density at radius 1 is 1.07 bits per heavy atom. The molecule has 7 nitrogen and oxygen atoms in total. The van der Waals surface area contributed by atoms with Crippen molar-refractivity contribution in [2.45, 2.75) is 4.90 Å². The molecule has 0 unspecified atom stereocenters. The number of likely N-dealkylation sites (N-methyl/N-ethyl adjacent to an activating group) is 1. The Labute approximate surface area is 167 Å². The predicted molar refractivity (Wildman–Crippen MR) is 104 cm³/mol. The molecule has 0 saturated carbocycles.